The van der Waals surface area contributed by atoms with Crippen molar-refractivity contribution < 1.29 is 19.1 Å². The molecule has 1 amide bonds. The molecule has 0 aliphatic heterocycles. The summed E-state index contributed by atoms with van der Waals surface area (Å²) < 4.78 is 10.0. The largest absolute Gasteiger partial charge is 0.493 e. The van der Waals surface area contributed by atoms with Gasteiger partial charge in [-0.15, -0.1) is 0 Å². The molecule has 0 radical (unpaired) electrons. The second-order valence-corrected chi connectivity index (χ2v) is 4.67. The molecule has 1 aromatic rings. The van der Waals surface area contributed by atoms with Gasteiger partial charge in [0, 0.05) is 7.05 Å². The minimum absolute atomic E-state index is 0.0427. The summed E-state index contributed by atoms with van der Waals surface area (Å²) in [5.74, 6) is 0.159. The van der Waals surface area contributed by atoms with Crippen molar-refractivity contribution in [3.05, 3.63) is 29.3 Å². The van der Waals surface area contributed by atoms with Crippen molar-refractivity contribution in [2.75, 3.05) is 27.3 Å². The molecule has 0 unspecified atom stereocenters. The Morgan fingerprint density at radius 2 is 1.90 bits per heavy atom. The summed E-state index contributed by atoms with van der Waals surface area (Å²) in [6.07, 6.45) is 0.223. The molecule has 0 N–H and O–H groups in total. The molecule has 20 heavy (non-hydrogen) atoms. The van der Waals surface area contributed by atoms with Crippen LogP contribution in [-0.2, 0) is 14.3 Å². The molecule has 0 saturated carbocycles. The van der Waals surface area contributed by atoms with Gasteiger partial charge in [0.2, 0.25) is 5.91 Å². The van der Waals surface area contributed by atoms with Crippen molar-refractivity contribution in [3.8, 4) is 5.75 Å². The van der Waals surface area contributed by atoms with Gasteiger partial charge in [-0.05, 0) is 37.1 Å². The lowest BCUT2D eigenvalue weighted by atomic mass is 10.1. The number of likely N-dealkylation sites (N-methyl/N-ethyl adjacent to an activating group) is 1. The smallest absolute Gasteiger partial charge is 0.325 e. The lowest BCUT2D eigenvalue weighted by molar-refractivity contribution is -0.146. The Balaban J connectivity index is 2.38. The second-order valence-electron chi connectivity index (χ2n) is 4.67. The Bertz CT molecular complexity index is 485. The number of carbonyl (C=O) groups is 2. The standard InChI is InChI=1S/C15H21NO4/c1-11-5-6-13(9-12(11)2)20-8-7-14(17)16(3)10-15(18)19-4/h5-6,9H,7-8,10H2,1-4H3. The Hall–Kier alpha value is -2.04. The van der Waals surface area contributed by atoms with Gasteiger partial charge >= 0.3 is 5.97 Å². The van der Waals surface area contributed by atoms with E-state index < -0.39 is 5.97 Å². The third-order valence-electron chi connectivity index (χ3n) is 3.08. The summed E-state index contributed by atoms with van der Waals surface area (Å²) in [5, 5.41) is 0. The van der Waals surface area contributed by atoms with Crippen molar-refractivity contribution in [1.29, 1.82) is 0 Å². The van der Waals surface area contributed by atoms with Crippen LogP contribution in [0.2, 0.25) is 0 Å². The predicted octanol–water partition coefficient (Wildman–Crippen LogP) is 1.70. The minimum atomic E-state index is -0.434. The predicted molar refractivity (Wildman–Crippen MR) is 75.7 cm³/mol. The van der Waals surface area contributed by atoms with E-state index in [1.807, 2.05) is 32.0 Å². The van der Waals surface area contributed by atoms with Gasteiger partial charge in [0.1, 0.15) is 12.3 Å². The van der Waals surface area contributed by atoms with E-state index >= 15 is 0 Å². The van der Waals surface area contributed by atoms with Gasteiger partial charge in [0.15, 0.2) is 0 Å². The second kappa shape index (κ2) is 7.53. The molecule has 0 bridgehead atoms. The van der Waals surface area contributed by atoms with Crippen molar-refractivity contribution in [3.63, 3.8) is 0 Å². The van der Waals surface area contributed by atoms with E-state index in [1.165, 1.54) is 17.6 Å². The summed E-state index contributed by atoms with van der Waals surface area (Å²) in [7, 11) is 2.86. The maximum Gasteiger partial charge on any atom is 0.325 e. The molecule has 0 saturated heterocycles. The molecular formula is C15H21NO4. The SMILES string of the molecule is COC(=O)CN(C)C(=O)CCOc1ccc(C)c(C)c1. The third kappa shape index (κ3) is 4.91. The highest BCUT2D eigenvalue weighted by Crippen LogP contribution is 2.16. The Morgan fingerprint density at radius 3 is 2.50 bits per heavy atom. The molecular weight excluding hydrogens is 258 g/mol. The van der Waals surface area contributed by atoms with Gasteiger partial charge in [0.05, 0.1) is 20.1 Å². The van der Waals surface area contributed by atoms with Crippen LogP contribution in [-0.4, -0.2) is 44.1 Å². The molecule has 5 nitrogen and oxygen atoms in total. The average molecular weight is 279 g/mol. The van der Waals surface area contributed by atoms with Crippen LogP contribution in [0.25, 0.3) is 0 Å². The van der Waals surface area contributed by atoms with Crippen LogP contribution in [0.1, 0.15) is 17.5 Å². The quantitative estimate of drug-likeness (QED) is 0.744. The van der Waals surface area contributed by atoms with E-state index in [1.54, 1.807) is 7.05 Å². The van der Waals surface area contributed by atoms with E-state index in [2.05, 4.69) is 4.74 Å². The summed E-state index contributed by atoms with van der Waals surface area (Å²) in [6.45, 7) is 4.29. The van der Waals surface area contributed by atoms with Crippen molar-refractivity contribution in [2.45, 2.75) is 20.3 Å². The van der Waals surface area contributed by atoms with Crippen molar-refractivity contribution >= 4 is 11.9 Å². The lowest BCUT2D eigenvalue weighted by Gasteiger charge is -2.15. The number of amides is 1. The lowest BCUT2D eigenvalue weighted by Crippen LogP contribution is -2.33. The number of rotatable bonds is 6. The fourth-order valence-corrected chi connectivity index (χ4v) is 1.60. The highest BCUT2D eigenvalue weighted by atomic mass is 16.5. The van der Waals surface area contributed by atoms with Gasteiger partial charge in [-0.3, -0.25) is 9.59 Å². The molecule has 0 aliphatic carbocycles. The molecule has 5 heteroatoms. The Labute approximate surface area is 119 Å². The average Bonchev–Trinajstić information content (AvgIpc) is 2.42. The molecule has 110 valence electrons. The van der Waals surface area contributed by atoms with Crippen LogP contribution >= 0.6 is 0 Å². The molecule has 1 aromatic carbocycles. The fraction of sp³-hybridized carbons (Fsp3) is 0.467. The summed E-state index contributed by atoms with van der Waals surface area (Å²) in [5.41, 5.74) is 2.35. The van der Waals surface area contributed by atoms with E-state index in [0.29, 0.717) is 0 Å². The van der Waals surface area contributed by atoms with Gasteiger partial charge < -0.3 is 14.4 Å². The summed E-state index contributed by atoms with van der Waals surface area (Å²) in [4.78, 5) is 24.1. The number of hydrogen-bond donors (Lipinski definition) is 0. The van der Waals surface area contributed by atoms with Crippen LogP contribution in [0, 0.1) is 13.8 Å². The van der Waals surface area contributed by atoms with E-state index in [-0.39, 0.29) is 25.5 Å². The number of nitrogens with zero attached hydrogens (tertiary/aromatic N) is 1. The van der Waals surface area contributed by atoms with Crippen molar-refractivity contribution in [1.82, 2.24) is 4.90 Å². The number of hydrogen-bond acceptors (Lipinski definition) is 4. The first-order chi connectivity index (χ1) is 9.43. The Morgan fingerprint density at radius 1 is 1.20 bits per heavy atom. The topological polar surface area (TPSA) is 55.8 Å². The number of esters is 1. The van der Waals surface area contributed by atoms with Crippen LogP contribution < -0.4 is 4.74 Å². The maximum absolute atomic E-state index is 11.7. The molecule has 0 heterocycles. The molecule has 0 fully saturated rings. The first-order valence-electron chi connectivity index (χ1n) is 6.45. The van der Waals surface area contributed by atoms with Gasteiger partial charge in [0.25, 0.3) is 0 Å². The number of benzene rings is 1. The highest BCUT2D eigenvalue weighted by molar-refractivity contribution is 5.81. The number of ether oxygens (including phenoxy) is 2. The fourth-order valence-electron chi connectivity index (χ4n) is 1.60. The summed E-state index contributed by atoms with van der Waals surface area (Å²) in [6, 6.07) is 5.80. The van der Waals surface area contributed by atoms with Crippen LogP contribution in [0.3, 0.4) is 0 Å². The van der Waals surface area contributed by atoms with Crippen LogP contribution in [0.4, 0.5) is 0 Å². The molecule has 1 rings (SSSR count). The zero-order valence-electron chi connectivity index (χ0n) is 12.4. The number of aryl methyl sites for hydroxylation is 2. The van der Waals surface area contributed by atoms with Gasteiger partial charge in [-0.25, -0.2) is 0 Å². The minimum Gasteiger partial charge on any atom is -0.493 e. The summed E-state index contributed by atoms with van der Waals surface area (Å²) >= 11 is 0. The van der Waals surface area contributed by atoms with E-state index in [4.69, 9.17) is 4.74 Å². The zero-order valence-corrected chi connectivity index (χ0v) is 12.4. The molecule has 0 aromatic heterocycles. The number of methoxy groups -OCH3 is 1. The normalized spacial score (nSPS) is 10.0. The maximum atomic E-state index is 11.7. The van der Waals surface area contributed by atoms with E-state index in [9.17, 15) is 9.59 Å². The molecule has 0 aliphatic rings. The zero-order chi connectivity index (χ0) is 15.1. The number of carbonyl (C=O) groups excluding carboxylic acids is 2. The molecule has 0 spiro atoms. The van der Waals surface area contributed by atoms with Crippen LogP contribution in [0.15, 0.2) is 18.2 Å². The third-order valence-corrected chi connectivity index (χ3v) is 3.08. The van der Waals surface area contributed by atoms with Crippen molar-refractivity contribution in [2.24, 2.45) is 0 Å². The van der Waals surface area contributed by atoms with E-state index in [0.717, 1.165) is 11.3 Å². The van der Waals surface area contributed by atoms with Crippen LogP contribution in [0.5, 0.6) is 5.75 Å². The first kappa shape index (κ1) is 16.0. The monoisotopic (exact) mass is 279 g/mol. The first-order valence-corrected chi connectivity index (χ1v) is 6.45. The van der Waals surface area contributed by atoms with Gasteiger partial charge in [-0.1, -0.05) is 6.07 Å². The van der Waals surface area contributed by atoms with Gasteiger partial charge in [-0.2, -0.15) is 0 Å². The highest BCUT2D eigenvalue weighted by Gasteiger charge is 2.12. The molecule has 0 atom stereocenters. The Kier molecular flexibility index (Phi) is 6.03.